The molecule has 1 amide bonds. The molecule has 0 atom stereocenters. The number of pyridine rings is 1. The fourth-order valence-electron chi connectivity index (χ4n) is 7.02. The third kappa shape index (κ3) is 3.17. The zero-order chi connectivity index (χ0) is 19.4. The summed E-state index contributed by atoms with van der Waals surface area (Å²) in [6.07, 6.45) is 9.64. The van der Waals surface area contributed by atoms with Crippen LogP contribution in [0.5, 0.6) is 0 Å². The standard InChI is InChI=1S/C23H31N5O/c29-22(26-23-12-16-9-17(13-23)11-18(10-16)14-23)21-25-19(15-27-7-4-24-5-8-27)20-3-1-2-6-28(20)21/h1-3,6,16-18,24H,4-5,7-15H2,(H,26,29). The number of nitrogens with zero attached hydrogens (tertiary/aromatic N) is 3. The minimum atomic E-state index is 0.0136. The molecule has 0 aromatic carbocycles. The van der Waals surface area contributed by atoms with Crippen LogP contribution in [-0.4, -0.2) is 51.9 Å². The molecule has 5 aliphatic rings. The number of rotatable bonds is 4. The molecule has 4 bridgehead atoms. The number of aromatic nitrogens is 2. The van der Waals surface area contributed by atoms with Crippen molar-refractivity contribution in [3.8, 4) is 0 Å². The Hall–Kier alpha value is -1.92. The smallest absolute Gasteiger partial charge is 0.288 e. The number of carbonyl (C=O) groups excluding carboxylic acids is 1. The molecule has 6 heteroatoms. The molecule has 4 saturated carbocycles. The van der Waals surface area contributed by atoms with E-state index in [0.29, 0.717) is 5.82 Å². The lowest BCUT2D eigenvalue weighted by Gasteiger charge is -2.56. The van der Waals surface area contributed by atoms with Gasteiger partial charge in [0.1, 0.15) is 0 Å². The third-order valence-corrected chi connectivity index (χ3v) is 7.83. The Labute approximate surface area is 172 Å². The maximum Gasteiger partial charge on any atom is 0.288 e. The Morgan fingerprint density at radius 3 is 2.48 bits per heavy atom. The van der Waals surface area contributed by atoms with Gasteiger partial charge in [-0.3, -0.25) is 14.1 Å². The Morgan fingerprint density at radius 2 is 1.79 bits per heavy atom. The van der Waals surface area contributed by atoms with E-state index in [9.17, 15) is 4.79 Å². The van der Waals surface area contributed by atoms with Crippen LogP contribution in [0.3, 0.4) is 0 Å². The van der Waals surface area contributed by atoms with Gasteiger partial charge >= 0.3 is 0 Å². The van der Waals surface area contributed by atoms with Crippen molar-refractivity contribution in [2.24, 2.45) is 17.8 Å². The highest BCUT2D eigenvalue weighted by atomic mass is 16.2. The quantitative estimate of drug-likeness (QED) is 0.838. The van der Waals surface area contributed by atoms with Crippen LogP contribution in [0.2, 0.25) is 0 Å². The zero-order valence-electron chi connectivity index (χ0n) is 17.1. The molecule has 29 heavy (non-hydrogen) atoms. The van der Waals surface area contributed by atoms with Crippen molar-refractivity contribution in [1.29, 1.82) is 0 Å². The molecule has 6 nitrogen and oxygen atoms in total. The predicted octanol–water partition coefficient (Wildman–Crippen LogP) is 2.44. The molecule has 7 rings (SSSR count). The highest BCUT2D eigenvalue weighted by molar-refractivity contribution is 5.92. The summed E-state index contributed by atoms with van der Waals surface area (Å²) in [4.78, 5) is 20.7. The van der Waals surface area contributed by atoms with Crippen LogP contribution in [0.15, 0.2) is 24.4 Å². The zero-order valence-corrected chi connectivity index (χ0v) is 17.1. The second-order valence-corrected chi connectivity index (χ2v) is 10.0. The summed E-state index contributed by atoms with van der Waals surface area (Å²) in [6.45, 7) is 4.90. The Balaban J connectivity index is 1.28. The molecule has 0 radical (unpaired) electrons. The van der Waals surface area contributed by atoms with Crippen molar-refractivity contribution in [3.05, 3.63) is 35.9 Å². The van der Waals surface area contributed by atoms with Crippen molar-refractivity contribution >= 4 is 11.4 Å². The number of hydrogen-bond donors (Lipinski definition) is 2. The van der Waals surface area contributed by atoms with Crippen LogP contribution in [0.1, 0.15) is 54.8 Å². The van der Waals surface area contributed by atoms with Gasteiger partial charge in [-0.15, -0.1) is 0 Å². The van der Waals surface area contributed by atoms with Crippen LogP contribution in [0, 0.1) is 17.8 Å². The summed E-state index contributed by atoms with van der Waals surface area (Å²) in [7, 11) is 0. The first-order valence-corrected chi connectivity index (χ1v) is 11.4. The largest absolute Gasteiger partial charge is 0.344 e. The van der Waals surface area contributed by atoms with E-state index in [-0.39, 0.29) is 11.4 Å². The van der Waals surface area contributed by atoms with Crippen LogP contribution in [-0.2, 0) is 6.54 Å². The van der Waals surface area contributed by atoms with Crippen molar-refractivity contribution < 1.29 is 4.79 Å². The van der Waals surface area contributed by atoms with E-state index in [1.165, 1.54) is 38.5 Å². The number of piperazine rings is 1. The minimum absolute atomic E-state index is 0.0136. The summed E-state index contributed by atoms with van der Waals surface area (Å²) in [5.74, 6) is 3.03. The summed E-state index contributed by atoms with van der Waals surface area (Å²) in [5, 5.41) is 6.91. The lowest BCUT2D eigenvalue weighted by Crippen LogP contribution is -2.60. The van der Waals surface area contributed by atoms with E-state index < -0.39 is 0 Å². The molecule has 3 heterocycles. The molecule has 1 saturated heterocycles. The van der Waals surface area contributed by atoms with Gasteiger partial charge in [0.2, 0.25) is 5.82 Å². The van der Waals surface area contributed by atoms with Crippen LogP contribution < -0.4 is 10.6 Å². The van der Waals surface area contributed by atoms with Gasteiger partial charge in [0.25, 0.3) is 5.91 Å². The van der Waals surface area contributed by atoms with Gasteiger partial charge in [-0.2, -0.15) is 0 Å². The summed E-state index contributed by atoms with van der Waals surface area (Å²) >= 11 is 0. The molecule has 0 unspecified atom stereocenters. The van der Waals surface area contributed by atoms with E-state index in [2.05, 4.69) is 21.6 Å². The molecular weight excluding hydrogens is 362 g/mol. The molecular formula is C23H31N5O. The molecule has 2 N–H and O–H groups in total. The monoisotopic (exact) mass is 393 g/mol. The topological polar surface area (TPSA) is 61.7 Å². The Kier molecular flexibility index (Phi) is 4.20. The first kappa shape index (κ1) is 17.9. The molecule has 4 aliphatic carbocycles. The van der Waals surface area contributed by atoms with Crippen molar-refractivity contribution in [1.82, 2.24) is 24.9 Å². The van der Waals surface area contributed by atoms with E-state index in [0.717, 1.165) is 61.7 Å². The number of imidazole rings is 1. The Morgan fingerprint density at radius 1 is 1.10 bits per heavy atom. The fraction of sp³-hybridized carbons (Fsp3) is 0.652. The number of hydrogen-bond acceptors (Lipinski definition) is 4. The summed E-state index contributed by atoms with van der Waals surface area (Å²) < 4.78 is 1.99. The van der Waals surface area contributed by atoms with Gasteiger partial charge in [-0.1, -0.05) is 6.07 Å². The maximum atomic E-state index is 13.4. The van der Waals surface area contributed by atoms with E-state index in [1.54, 1.807) is 0 Å². The van der Waals surface area contributed by atoms with Crippen LogP contribution in [0.25, 0.3) is 5.52 Å². The third-order valence-electron chi connectivity index (χ3n) is 7.83. The first-order chi connectivity index (χ1) is 14.2. The van der Waals surface area contributed by atoms with Gasteiger partial charge in [0.15, 0.2) is 0 Å². The van der Waals surface area contributed by atoms with Gasteiger partial charge in [-0.05, 0) is 68.4 Å². The molecule has 2 aromatic rings. The molecule has 5 fully saturated rings. The second kappa shape index (κ2) is 6.81. The van der Waals surface area contributed by atoms with E-state index in [1.807, 2.05) is 22.7 Å². The van der Waals surface area contributed by atoms with Crippen molar-refractivity contribution in [2.75, 3.05) is 26.2 Å². The first-order valence-electron chi connectivity index (χ1n) is 11.4. The van der Waals surface area contributed by atoms with Crippen LogP contribution in [0.4, 0.5) is 0 Å². The van der Waals surface area contributed by atoms with Gasteiger partial charge in [0.05, 0.1) is 11.2 Å². The average Bonchev–Trinajstić information content (AvgIpc) is 3.06. The van der Waals surface area contributed by atoms with Crippen LogP contribution >= 0.6 is 0 Å². The van der Waals surface area contributed by atoms with E-state index in [4.69, 9.17) is 4.98 Å². The minimum Gasteiger partial charge on any atom is -0.344 e. The summed E-state index contributed by atoms with van der Waals surface area (Å²) in [5.41, 5.74) is 2.09. The van der Waals surface area contributed by atoms with Crippen molar-refractivity contribution in [2.45, 2.75) is 50.6 Å². The normalized spacial score (nSPS) is 34.0. The second-order valence-electron chi connectivity index (χ2n) is 10.0. The summed E-state index contributed by atoms with van der Waals surface area (Å²) in [6, 6.07) is 6.12. The fourth-order valence-corrected chi connectivity index (χ4v) is 7.02. The highest BCUT2D eigenvalue weighted by Gasteiger charge is 2.51. The number of nitrogens with one attached hydrogen (secondary N) is 2. The lowest BCUT2D eigenvalue weighted by molar-refractivity contribution is -0.0169. The van der Waals surface area contributed by atoms with Gasteiger partial charge in [0, 0.05) is 44.5 Å². The molecule has 2 aromatic heterocycles. The average molecular weight is 394 g/mol. The van der Waals surface area contributed by atoms with Crippen molar-refractivity contribution in [3.63, 3.8) is 0 Å². The maximum absolute atomic E-state index is 13.4. The lowest BCUT2D eigenvalue weighted by atomic mass is 9.53. The number of amides is 1. The Bertz CT molecular complexity index is 893. The van der Waals surface area contributed by atoms with Gasteiger partial charge < -0.3 is 10.6 Å². The molecule has 1 aliphatic heterocycles. The van der Waals surface area contributed by atoms with E-state index >= 15 is 0 Å². The number of carbonyl (C=O) groups is 1. The van der Waals surface area contributed by atoms with Gasteiger partial charge in [-0.25, -0.2) is 4.98 Å². The number of fused-ring (bicyclic) bond motifs is 1. The SMILES string of the molecule is O=C(NC12CC3CC(CC(C3)C1)C2)c1nc(CN2CCNCC2)c2ccccn12. The predicted molar refractivity (Wildman–Crippen MR) is 112 cm³/mol. The molecule has 154 valence electrons. The molecule has 0 spiro atoms. The highest BCUT2D eigenvalue weighted by Crippen LogP contribution is 2.55.